The molecule has 43 heavy (non-hydrogen) atoms. The van der Waals surface area contributed by atoms with Gasteiger partial charge in [-0.2, -0.15) is 13.2 Å². The molecular formula is C31H35F3N4O4S. The summed E-state index contributed by atoms with van der Waals surface area (Å²) in [6.45, 7) is 10.3. The first-order valence-corrected chi connectivity index (χ1v) is 14.9. The van der Waals surface area contributed by atoms with Crippen LogP contribution >= 0.6 is 11.3 Å². The van der Waals surface area contributed by atoms with Crippen molar-refractivity contribution in [2.45, 2.75) is 58.5 Å². The number of nitrogens with one attached hydrogen (secondary N) is 2. The summed E-state index contributed by atoms with van der Waals surface area (Å²) < 4.78 is 51.4. The molecule has 0 aliphatic carbocycles. The summed E-state index contributed by atoms with van der Waals surface area (Å²) in [4.78, 5) is 32.3. The van der Waals surface area contributed by atoms with Crippen molar-refractivity contribution in [2.24, 2.45) is 5.41 Å². The van der Waals surface area contributed by atoms with E-state index in [4.69, 9.17) is 9.47 Å². The number of alkyl halides is 3. The summed E-state index contributed by atoms with van der Waals surface area (Å²) in [6.07, 6.45) is -2.55. The number of rotatable bonds is 7. The van der Waals surface area contributed by atoms with Crippen LogP contribution in [0.25, 0.3) is 11.1 Å². The van der Waals surface area contributed by atoms with Gasteiger partial charge in [0.05, 0.1) is 24.4 Å². The topological polar surface area (TPSA) is 92.8 Å². The number of amides is 2. The highest BCUT2D eigenvalue weighted by Gasteiger charge is 2.46. The second-order valence-electron chi connectivity index (χ2n) is 12.2. The number of anilines is 1. The zero-order valence-corrected chi connectivity index (χ0v) is 25.3. The number of carbonyl (C=O) groups is 2. The quantitative estimate of drug-likeness (QED) is 0.312. The molecule has 0 radical (unpaired) electrons. The minimum atomic E-state index is -4.52. The molecule has 12 heteroatoms. The van der Waals surface area contributed by atoms with E-state index in [1.54, 1.807) is 51.2 Å². The Labute approximate surface area is 252 Å². The SMILES string of the molecule is C[C@@H](NC(=O)c1cnc(N2CC3(CCOC3)C2)s1)c1ccc(-c2cc(C(F)(F)F)ccc2CNC(=O)OC(C)(C)C)cc1. The van der Waals surface area contributed by atoms with Crippen molar-refractivity contribution in [1.82, 2.24) is 15.6 Å². The Kier molecular flexibility index (Phi) is 8.45. The largest absolute Gasteiger partial charge is 0.444 e. The molecule has 1 atom stereocenters. The van der Waals surface area contributed by atoms with E-state index in [2.05, 4.69) is 20.5 Å². The third-order valence-electron chi connectivity index (χ3n) is 7.55. The molecule has 2 fully saturated rings. The van der Waals surface area contributed by atoms with Gasteiger partial charge in [-0.15, -0.1) is 0 Å². The highest BCUT2D eigenvalue weighted by atomic mass is 32.1. The third-order valence-corrected chi connectivity index (χ3v) is 8.61. The molecule has 2 aromatic carbocycles. The lowest BCUT2D eigenvalue weighted by molar-refractivity contribution is -0.137. The molecular weight excluding hydrogens is 581 g/mol. The fourth-order valence-corrected chi connectivity index (χ4v) is 6.09. The fourth-order valence-electron chi connectivity index (χ4n) is 5.27. The van der Waals surface area contributed by atoms with Gasteiger partial charge in [0.15, 0.2) is 5.13 Å². The number of halogens is 3. The van der Waals surface area contributed by atoms with Crippen molar-refractivity contribution in [2.75, 3.05) is 31.2 Å². The van der Waals surface area contributed by atoms with Crippen molar-refractivity contribution in [1.29, 1.82) is 0 Å². The van der Waals surface area contributed by atoms with Crippen LogP contribution in [0.1, 0.15) is 66.5 Å². The zero-order valence-electron chi connectivity index (χ0n) is 24.5. The predicted octanol–water partition coefficient (Wildman–Crippen LogP) is 6.57. The molecule has 0 saturated carbocycles. The van der Waals surface area contributed by atoms with E-state index in [1.165, 1.54) is 17.4 Å². The van der Waals surface area contributed by atoms with Crippen molar-refractivity contribution < 1.29 is 32.2 Å². The second kappa shape index (κ2) is 11.8. The first-order chi connectivity index (χ1) is 20.2. The Bertz CT molecular complexity index is 1470. The number of hydrogen-bond acceptors (Lipinski definition) is 7. The van der Waals surface area contributed by atoms with E-state index in [1.807, 2.05) is 6.92 Å². The minimum Gasteiger partial charge on any atom is -0.444 e. The van der Waals surface area contributed by atoms with Gasteiger partial charge in [-0.05, 0) is 68.5 Å². The molecule has 2 aliphatic rings. The fraction of sp³-hybridized carbons (Fsp3) is 0.452. The Hall–Kier alpha value is -3.64. The molecule has 230 valence electrons. The number of ether oxygens (including phenoxy) is 2. The number of carbonyl (C=O) groups excluding carboxylic acids is 2. The molecule has 2 aliphatic heterocycles. The molecule has 5 rings (SSSR count). The maximum Gasteiger partial charge on any atom is 0.416 e. The van der Waals surface area contributed by atoms with Crippen LogP contribution in [0.15, 0.2) is 48.7 Å². The Morgan fingerprint density at radius 2 is 1.86 bits per heavy atom. The van der Waals surface area contributed by atoms with E-state index in [0.29, 0.717) is 21.6 Å². The van der Waals surface area contributed by atoms with Crippen molar-refractivity contribution in [3.05, 3.63) is 70.2 Å². The van der Waals surface area contributed by atoms with Gasteiger partial charge in [0, 0.05) is 31.7 Å². The van der Waals surface area contributed by atoms with Gasteiger partial charge < -0.3 is 25.0 Å². The number of benzene rings is 2. The lowest BCUT2D eigenvalue weighted by Gasteiger charge is -2.47. The zero-order chi connectivity index (χ0) is 31.0. The molecule has 3 aromatic rings. The van der Waals surface area contributed by atoms with Gasteiger partial charge in [-0.3, -0.25) is 4.79 Å². The number of hydrogen-bond donors (Lipinski definition) is 2. The number of alkyl carbamates (subject to hydrolysis) is 1. The summed E-state index contributed by atoms with van der Waals surface area (Å²) in [5.41, 5.74) is 0.890. The normalized spacial score (nSPS) is 17.0. The smallest absolute Gasteiger partial charge is 0.416 e. The van der Waals surface area contributed by atoms with E-state index in [0.717, 1.165) is 55.6 Å². The first kappa shape index (κ1) is 30.8. The molecule has 2 amide bonds. The van der Waals surface area contributed by atoms with E-state index < -0.39 is 23.4 Å². The standard InChI is InChI=1S/C31H35F3N4O4S/c1-19(37-26(39)25-15-35-27(43-25)38-16-30(17-38)11-12-41-18-30)20-5-7-21(8-6-20)24-13-23(31(32,33)34)10-9-22(24)14-36-28(40)42-29(2,3)4/h5-10,13,15,19H,11-12,14,16-18H2,1-4H3,(H,36,40)(H,37,39)/t19-/m1/s1. The Balaban J connectivity index is 1.25. The molecule has 2 N–H and O–H groups in total. The van der Waals surface area contributed by atoms with Gasteiger partial charge in [-0.1, -0.05) is 41.7 Å². The summed E-state index contributed by atoms with van der Waals surface area (Å²) in [7, 11) is 0. The van der Waals surface area contributed by atoms with E-state index >= 15 is 0 Å². The van der Waals surface area contributed by atoms with Crippen LogP contribution in [-0.2, 0) is 22.2 Å². The molecule has 0 unspecified atom stereocenters. The van der Waals surface area contributed by atoms with Crippen LogP contribution in [0.4, 0.5) is 23.1 Å². The van der Waals surface area contributed by atoms with Crippen molar-refractivity contribution in [3.63, 3.8) is 0 Å². The monoisotopic (exact) mass is 616 g/mol. The maximum absolute atomic E-state index is 13.5. The second-order valence-corrected chi connectivity index (χ2v) is 13.2. The van der Waals surface area contributed by atoms with Gasteiger partial charge in [-0.25, -0.2) is 9.78 Å². The van der Waals surface area contributed by atoms with E-state index in [9.17, 15) is 22.8 Å². The Morgan fingerprint density at radius 1 is 1.14 bits per heavy atom. The molecule has 0 bridgehead atoms. The number of nitrogens with zero attached hydrogens (tertiary/aromatic N) is 2. The van der Waals surface area contributed by atoms with E-state index in [-0.39, 0.29) is 23.9 Å². The van der Waals surface area contributed by atoms with Gasteiger partial charge in [0.1, 0.15) is 10.5 Å². The van der Waals surface area contributed by atoms with Crippen LogP contribution in [0, 0.1) is 5.41 Å². The molecule has 3 heterocycles. The van der Waals surface area contributed by atoms with Crippen LogP contribution in [0.3, 0.4) is 0 Å². The van der Waals surface area contributed by atoms with Gasteiger partial charge >= 0.3 is 12.3 Å². The predicted molar refractivity (Wildman–Crippen MR) is 158 cm³/mol. The summed E-state index contributed by atoms with van der Waals surface area (Å²) in [6, 6.07) is 10.0. The van der Waals surface area contributed by atoms with Gasteiger partial charge in [0.2, 0.25) is 0 Å². The number of aromatic nitrogens is 1. The van der Waals surface area contributed by atoms with Crippen LogP contribution < -0.4 is 15.5 Å². The van der Waals surface area contributed by atoms with Crippen LogP contribution in [0.5, 0.6) is 0 Å². The molecule has 8 nitrogen and oxygen atoms in total. The molecule has 1 aromatic heterocycles. The van der Waals surface area contributed by atoms with Crippen LogP contribution in [-0.4, -0.2) is 48.9 Å². The highest BCUT2D eigenvalue weighted by Crippen LogP contribution is 2.42. The maximum atomic E-state index is 13.5. The highest BCUT2D eigenvalue weighted by molar-refractivity contribution is 7.17. The average Bonchev–Trinajstić information content (AvgIpc) is 3.60. The number of thiazole rings is 1. The summed E-state index contributed by atoms with van der Waals surface area (Å²) in [5.74, 6) is -0.242. The molecule has 2 saturated heterocycles. The lowest BCUT2D eigenvalue weighted by Crippen LogP contribution is -2.56. The lowest BCUT2D eigenvalue weighted by atomic mass is 9.80. The van der Waals surface area contributed by atoms with Crippen molar-refractivity contribution in [3.8, 4) is 11.1 Å². The Morgan fingerprint density at radius 3 is 2.49 bits per heavy atom. The third kappa shape index (κ3) is 7.30. The summed E-state index contributed by atoms with van der Waals surface area (Å²) in [5, 5.41) is 6.42. The minimum absolute atomic E-state index is 0.0143. The first-order valence-electron chi connectivity index (χ1n) is 14.1. The average molecular weight is 617 g/mol. The summed E-state index contributed by atoms with van der Waals surface area (Å²) >= 11 is 1.35. The van der Waals surface area contributed by atoms with Crippen molar-refractivity contribution >= 4 is 28.5 Å². The van der Waals surface area contributed by atoms with Gasteiger partial charge in [0.25, 0.3) is 5.91 Å². The molecule has 1 spiro atoms. The van der Waals surface area contributed by atoms with Crippen LogP contribution in [0.2, 0.25) is 0 Å².